The number of anilines is 1. The van der Waals surface area contributed by atoms with E-state index in [-0.39, 0.29) is 23.9 Å². The second kappa shape index (κ2) is 11.8. The Morgan fingerprint density at radius 2 is 1.79 bits per heavy atom. The van der Waals surface area contributed by atoms with Crippen LogP contribution in [-0.4, -0.2) is 28.4 Å². The quantitative estimate of drug-likeness (QED) is 0.176. The summed E-state index contributed by atoms with van der Waals surface area (Å²) in [7, 11) is 0. The number of nitrogens with zero attached hydrogens (tertiary/aromatic N) is 3. The molecule has 0 bridgehead atoms. The van der Waals surface area contributed by atoms with Crippen molar-refractivity contribution < 1.29 is 13.9 Å². The number of para-hydroxylation sites is 1. The first-order chi connectivity index (χ1) is 20.3. The van der Waals surface area contributed by atoms with E-state index in [9.17, 15) is 9.59 Å². The van der Waals surface area contributed by atoms with Crippen LogP contribution >= 0.6 is 39.1 Å². The molecule has 0 fully saturated rings. The zero-order valence-corrected chi connectivity index (χ0v) is 24.7. The van der Waals surface area contributed by atoms with Gasteiger partial charge >= 0.3 is 0 Å². The van der Waals surface area contributed by atoms with Gasteiger partial charge in [0.15, 0.2) is 12.4 Å². The summed E-state index contributed by atoms with van der Waals surface area (Å²) < 4.78 is 13.9. The monoisotopic (exact) mass is 660 g/mol. The fourth-order valence-corrected chi connectivity index (χ4v) is 4.95. The van der Waals surface area contributed by atoms with E-state index in [1.54, 1.807) is 72.8 Å². The average molecular weight is 662 g/mol. The molecule has 0 radical (unpaired) electrons. The summed E-state index contributed by atoms with van der Waals surface area (Å²) in [5.41, 5.74) is 1.78. The van der Waals surface area contributed by atoms with Gasteiger partial charge in [0.25, 0.3) is 11.5 Å². The molecule has 0 saturated carbocycles. The first-order valence-electron chi connectivity index (χ1n) is 12.6. The van der Waals surface area contributed by atoms with E-state index in [0.29, 0.717) is 49.3 Å². The zero-order valence-electron chi connectivity index (χ0n) is 21.6. The number of ether oxygens (including phenoxy) is 1. The standard InChI is InChI=1S/C31H19BrCl2N4O4/c32-20-5-11-27-18(13-20)15-28(42-27)30-37-25-4-2-1-3-24(25)31(40)38(30)35-16-19-14-22(34)8-12-26(19)41-17-29(39)36-23-9-6-21(33)7-10-23/h1-16H,17H2,(H,36,39). The third-order valence-electron chi connectivity index (χ3n) is 6.22. The fourth-order valence-electron chi connectivity index (χ4n) is 4.26. The van der Waals surface area contributed by atoms with Crippen LogP contribution in [0.15, 0.2) is 110 Å². The van der Waals surface area contributed by atoms with Crippen molar-refractivity contribution in [3.8, 4) is 17.3 Å². The van der Waals surface area contributed by atoms with Gasteiger partial charge in [-0.3, -0.25) is 9.59 Å². The first-order valence-corrected chi connectivity index (χ1v) is 14.1. The molecule has 0 aliphatic rings. The van der Waals surface area contributed by atoms with Gasteiger partial charge in [0.2, 0.25) is 5.82 Å². The number of benzene rings is 4. The normalized spacial score (nSPS) is 11.4. The number of fused-ring (bicyclic) bond motifs is 2. The molecule has 0 atom stereocenters. The Kier molecular flexibility index (Phi) is 7.80. The molecule has 8 nitrogen and oxygen atoms in total. The molecule has 208 valence electrons. The Labute approximate surface area is 257 Å². The summed E-state index contributed by atoms with van der Waals surface area (Å²) in [5, 5.41) is 9.43. The molecular formula is C31H19BrCl2N4O4. The van der Waals surface area contributed by atoms with Gasteiger partial charge in [0.1, 0.15) is 11.3 Å². The van der Waals surface area contributed by atoms with Gasteiger partial charge in [-0.05, 0) is 78.9 Å². The van der Waals surface area contributed by atoms with E-state index in [1.807, 2.05) is 18.2 Å². The minimum Gasteiger partial charge on any atom is -0.483 e. The lowest BCUT2D eigenvalue weighted by Crippen LogP contribution is -2.21. The molecule has 2 aromatic heterocycles. The van der Waals surface area contributed by atoms with Crippen molar-refractivity contribution in [1.29, 1.82) is 0 Å². The van der Waals surface area contributed by atoms with E-state index < -0.39 is 0 Å². The molecule has 1 amide bonds. The van der Waals surface area contributed by atoms with Gasteiger partial charge in [0.05, 0.1) is 17.1 Å². The molecule has 11 heteroatoms. The zero-order chi connectivity index (χ0) is 29.2. The topological polar surface area (TPSA) is 98.7 Å². The number of carbonyl (C=O) groups excluding carboxylic acids is 1. The van der Waals surface area contributed by atoms with E-state index in [0.717, 1.165) is 9.86 Å². The Bertz CT molecular complexity index is 2060. The molecule has 0 spiro atoms. The maximum atomic E-state index is 13.6. The van der Waals surface area contributed by atoms with Crippen LogP contribution < -0.4 is 15.6 Å². The summed E-state index contributed by atoms with van der Waals surface area (Å²) in [5.74, 6) is 0.550. The second-order valence-corrected chi connectivity index (χ2v) is 10.9. The van der Waals surface area contributed by atoms with Gasteiger partial charge in [-0.15, -0.1) is 0 Å². The highest BCUT2D eigenvalue weighted by Crippen LogP contribution is 2.29. The molecule has 6 rings (SSSR count). The Balaban J connectivity index is 1.35. The number of halogens is 3. The van der Waals surface area contributed by atoms with Crippen molar-refractivity contribution >= 4 is 78.8 Å². The minimum absolute atomic E-state index is 0.217. The van der Waals surface area contributed by atoms with Gasteiger partial charge in [-0.2, -0.15) is 9.78 Å². The van der Waals surface area contributed by atoms with E-state index in [4.69, 9.17) is 37.3 Å². The molecule has 6 aromatic rings. The van der Waals surface area contributed by atoms with Crippen molar-refractivity contribution in [2.45, 2.75) is 0 Å². The summed E-state index contributed by atoms with van der Waals surface area (Å²) in [6, 6.07) is 26.0. The van der Waals surface area contributed by atoms with Crippen molar-refractivity contribution in [2.75, 3.05) is 11.9 Å². The molecule has 1 N–H and O–H groups in total. The maximum absolute atomic E-state index is 13.6. The van der Waals surface area contributed by atoms with Crippen LogP contribution in [0.2, 0.25) is 10.0 Å². The van der Waals surface area contributed by atoms with E-state index >= 15 is 0 Å². The summed E-state index contributed by atoms with van der Waals surface area (Å²) >= 11 is 15.6. The van der Waals surface area contributed by atoms with Crippen molar-refractivity contribution in [3.05, 3.63) is 121 Å². The number of hydrogen-bond donors (Lipinski definition) is 1. The summed E-state index contributed by atoms with van der Waals surface area (Å²) in [4.78, 5) is 30.8. The molecule has 0 aliphatic carbocycles. The number of hydrogen-bond acceptors (Lipinski definition) is 6. The highest BCUT2D eigenvalue weighted by Gasteiger charge is 2.17. The van der Waals surface area contributed by atoms with Crippen molar-refractivity contribution in [2.24, 2.45) is 5.10 Å². The number of rotatable bonds is 7. The number of amides is 1. The number of nitrogens with one attached hydrogen (secondary N) is 1. The Morgan fingerprint density at radius 3 is 2.62 bits per heavy atom. The average Bonchev–Trinajstić information content (AvgIpc) is 3.40. The van der Waals surface area contributed by atoms with Gasteiger partial charge in [-0.1, -0.05) is 51.3 Å². The van der Waals surface area contributed by atoms with Crippen molar-refractivity contribution in [1.82, 2.24) is 9.66 Å². The predicted octanol–water partition coefficient (Wildman–Crippen LogP) is 7.78. The molecule has 0 unspecified atom stereocenters. The predicted molar refractivity (Wildman–Crippen MR) is 169 cm³/mol. The Hall–Kier alpha value is -4.44. The third-order valence-corrected chi connectivity index (χ3v) is 7.20. The lowest BCUT2D eigenvalue weighted by atomic mass is 10.2. The van der Waals surface area contributed by atoms with E-state index in [2.05, 4.69) is 26.3 Å². The van der Waals surface area contributed by atoms with Crippen LogP contribution in [0.25, 0.3) is 33.5 Å². The van der Waals surface area contributed by atoms with Crippen molar-refractivity contribution in [3.63, 3.8) is 0 Å². The van der Waals surface area contributed by atoms with Gasteiger partial charge in [-0.25, -0.2) is 4.98 Å². The van der Waals surface area contributed by atoms with Gasteiger partial charge in [0, 0.05) is 31.2 Å². The molecule has 4 aromatic carbocycles. The number of aromatic nitrogens is 2. The van der Waals surface area contributed by atoms with Crippen LogP contribution in [-0.2, 0) is 4.79 Å². The molecule has 42 heavy (non-hydrogen) atoms. The third kappa shape index (κ3) is 5.94. The number of furan rings is 1. The number of carbonyl (C=O) groups is 1. The van der Waals surface area contributed by atoms with E-state index in [1.165, 1.54) is 10.9 Å². The molecule has 2 heterocycles. The highest BCUT2D eigenvalue weighted by atomic mass is 79.9. The summed E-state index contributed by atoms with van der Waals surface area (Å²) in [6.07, 6.45) is 1.43. The van der Waals surface area contributed by atoms with Crippen LogP contribution in [0.3, 0.4) is 0 Å². The minimum atomic E-state index is -0.389. The molecule has 0 saturated heterocycles. The van der Waals surface area contributed by atoms with Crippen LogP contribution in [0.4, 0.5) is 5.69 Å². The first kappa shape index (κ1) is 27.7. The second-order valence-electron chi connectivity index (χ2n) is 9.13. The lowest BCUT2D eigenvalue weighted by Gasteiger charge is -2.11. The van der Waals surface area contributed by atoms with Gasteiger partial charge < -0.3 is 14.5 Å². The smallest absolute Gasteiger partial charge is 0.282 e. The fraction of sp³-hybridized carbons (Fsp3) is 0.0323. The lowest BCUT2D eigenvalue weighted by molar-refractivity contribution is -0.118. The van der Waals surface area contributed by atoms with Crippen LogP contribution in [0.5, 0.6) is 5.75 Å². The molecular weight excluding hydrogens is 643 g/mol. The largest absolute Gasteiger partial charge is 0.483 e. The Morgan fingerprint density at radius 1 is 1.00 bits per heavy atom. The van der Waals surface area contributed by atoms with Crippen LogP contribution in [0.1, 0.15) is 5.56 Å². The maximum Gasteiger partial charge on any atom is 0.282 e. The molecule has 0 aliphatic heterocycles. The SMILES string of the molecule is O=C(COc1ccc(Cl)cc1C=Nn1c(-c2cc3cc(Br)ccc3o2)nc2ccccc2c1=O)Nc1ccc(Cl)cc1. The highest BCUT2D eigenvalue weighted by molar-refractivity contribution is 9.10. The van der Waals surface area contributed by atoms with Crippen LogP contribution in [0, 0.1) is 0 Å². The summed E-state index contributed by atoms with van der Waals surface area (Å²) in [6.45, 7) is -0.275.